The van der Waals surface area contributed by atoms with Crippen LogP contribution in [0.4, 0.5) is 4.39 Å². The molecule has 0 fully saturated rings. The highest BCUT2D eigenvalue weighted by atomic mass is 35.5. The highest BCUT2D eigenvalue weighted by Crippen LogP contribution is 2.24. The second-order valence-electron chi connectivity index (χ2n) is 5.73. The molecule has 0 aromatic heterocycles. The lowest BCUT2D eigenvalue weighted by Gasteiger charge is -2.08. The van der Waals surface area contributed by atoms with E-state index >= 15 is 0 Å². The maximum absolute atomic E-state index is 12.8. The zero-order chi connectivity index (χ0) is 19.6. The number of hydrogen-bond donors (Lipinski definition) is 2. The monoisotopic (exact) mass is 428 g/mol. The zero-order valence-electron chi connectivity index (χ0n) is 14.4. The van der Waals surface area contributed by atoms with Gasteiger partial charge in [-0.15, -0.1) is 11.8 Å². The molecule has 0 radical (unpaired) electrons. The minimum atomic E-state index is -0.335. The zero-order valence-corrected chi connectivity index (χ0v) is 16.8. The second kappa shape index (κ2) is 11.2. The van der Waals surface area contributed by atoms with Crippen molar-refractivity contribution >= 4 is 46.8 Å². The number of hydrogen-bond acceptors (Lipinski definition) is 3. The van der Waals surface area contributed by atoms with E-state index in [0.717, 1.165) is 11.1 Å². The SMILES string of the molecule is O=C(CSCc1ccc(Cl)cc1Cl)NCCNC(=O)Cc1ccc(F)cc1. The number of benzene rings is 2. The molecule has 2 rings (SSSR count). The van der Waals surface area contributed by atoms with Crippen molar-refractivity contribution in [2.24, 2.45) is 0 Å². The van der Waals surface area contributed by atoms with Crippen molar-refractivity contribution in [3.63, 3.8) is 0 Å². The first-order valence-corrected chi connectivity index (χ1v) is 10.1. The number of carbonyl (C=O) groups excluding carboxylic acids is 2. The molecule has 0 atom stereocenters. The standard InChI is InChI=1S/C19H19Cl2FN2O2S/c20-15-4-3-14(17(21)10-15)11-27-12-19(26)24-8-7-23-18(25)9-13-1-5-16(22)6-2-13/h1-6,10H,7-9,11-12H2,(H,23,25)(H,24,26). The summed E-state index contributed by atoms with van der Waals surface area (Å²) in [4.78, 5) is 23.6. The Hall–Kier alpha value is -1.76. The Balaban J connectivity index is 1.57. The van der Waals surface area contributed by atoms with Crippen LogP contribution in [0.1, 0.15) is 11.1 Å². The predicted molar refractivity (Wildman–Crippen MR) is 109 cm³/mol. The summed E-state index contributed by atoms with van der Waals surface area (Å²) in [6, 6.07) is 11.1. The molecule has 0 aliphatic rings. The number of carbonyl (C=O) groups is 2. The number of rotatable bonds is 9. The van der Waals surface area contributed by atoms with Gasteiger partial charge in [-0.3, -0.25) is 9.59 Å². The smallest absolute Gasteiger partial charge is 0.230 e. The highest BCUT2D eigenvalue weighted by molar-refractivity contribution is 7.99. The van der Waals surface area contributed by atoms with E-state index in [4.69, 9.17) is 23.2 Å². The summed E-state index contributed by atoms with van der Waals surface area (Å²) < 4.78 is 12.8. The third-order valence-corrected chi connectivity index (χ3v) is 5.12. The van der Waals surface area contributed by atoms with Crippen LogP contribution >= 0.6 is 35.0 Å². The van der Waals surface area contributed by atoms with Crippen LogP contribution in [-0.4, -0.2) is 30.7 Å². The Labute approximate surface area is 171 Å². The first-order chi connectivity index (χ1) is 12.9. The first kappa shape index (κ1) is 21.5. The molecule has 2 aromatic rings. The quantitative estimate of drug-likeness (QED) is 0.596. The molecule has 4 nitrogen and oxygen atoms in total. The maximum Gasteiger partial charge on any atom is 0.230 e. The van der Waals surface area contributed by atoms with Crippen LogP contribution in [0.5, 0.6) is 0 Å². The number of nitrogens with one attached hydrogen (secondary N) is 2. The molecule has 0 bridgehead atoms. The summed E-state index contributed by atoms with van der Waals surface area (Å²) in [5.41, 5.74) is 1.65. The molecule has 27 heavy (non-hydrogen) atoms. The topological polar surface area (TPSA) is 58.2 Å². The van der Waals surface area contributed by atoms with E-state index < -0.39 is 0 Å². The van der Waals surface area contributed by atoms with Crippen LogP contribution in [0, 0.1) is 5.82 Å². The fraction of sp³-hybridized carbons (Fsp3) is 0.263. The van der Waals surface area contributed by atoms with Crippen molar-refractivity contribution < 1.29 is 14.0 Å². The summed E-state index contributed by atoms with van der Waals surface area (Å²) in [5, 5.41) is 6.61. The van der Waals surface area contributed by atoms with Crippen LogP contribution in [0.2, 0.25) is 10.0 Å². The van der Waals surface area contributed by atoms with Gasteiger partial charge in [0.05, 0.1) is 12.2 Å². The average molecular weight is 429 g/mol. The van der Waals surface area contributed by atoms with Crippen molar-refractivity contribution in [3.05, 3.63) is 69.5 Å². The fourth-order valence-corrected chi connectivity index (χ4v) is 3.61. The molecule has 0 unspecified atom stereocenters. The lowest BCUT2D eigenvalue weighted by molar-refractivity contribution is -0.121. The van der Waals surface area contributed by atoms with E-state index in [0.29, 0.717) is 34.6 Å². The summed E-state index contributed by atoms with van der Waals surface area (Å²) in [7, 11) is 0. The molecular weight excluding hydrogens is 410 g/mol. The molecule has 2 N–H and O–H groups in total. The van der Waals surface area contributed by atoms with Crippen LogP contribution in [0.15, 0.2) is 42.5 Å². The highest BCUT2D eigenvalue weighted by Gasteiger charge is 2.06. The minimum Gasteiger partial charge on any atom is -0.354 e. The fourth-order valence-electron chi connectivity index (χ4n) is 2.20. The molecule has 0 spiro atoms. The maximum atomic E-state index is 12.8. The summed E-state index contributed by atoms with van der Waals surface area (Å²) >= 11 is 13.4. The van der Waals surface area contributed by atoms with E-state index in [1.54, 1.807) is 24.3 Å². The number of thioether (sulfide) groups is 1. The van der Waals surface area contributed by atoms with E-state index in [9.17, 15) is 14.0 Å². The molecule has 0 saturated heterocycles. The van der Waals surface area contributed by atoms with Crippen molar-refractivity contribution in [2.75, 3.05) is 18.8 Å². The lowest BCUT2D eigenvalue weighted by atomic mass is 10.1. The Morgan fingerprint density at radius 2 is 1.63 bits per heavy atom. The van der Waals surface area contributed by atoms with Crippen LogP contribution in [0.25, 0.3) is 0 Å². The van der Waals surface area contributed by atoms with Crippen LogP contribution in [0.3, 0.4) is 0 Å². The molecule has 0 aliphatic heterocycles. The van der Waals surface area contributed by atoms with Gasteiger partial charge in [0, 0.05) is 28.9 Å². The minimum absolute atomic E-state index is 0.113. The van der Waals surface area contributed by atoms with Gasteiger partial charge in [-0.1, -0.05) is 41.4 Å². The first-order valence-electron chi connectivity index (χ1n) is 8.23. The third kappa shape index (κ3) is 8.20. The Morgan fingerprint density at radius 1 is 0.963 bits per heavy atom. The van der Waals surface area contributed by atoms with Gasteiger partial charge >= 0.3 is 0 Å². The largest absolute Gasteiger partial charge is 0.354 e. The van der Waals surface area contributed by atoms with Crippen molar-refractivity contribution in [1.29, 1.82) is 0 Å². The van der Waals surface area contributed by atoms with Crippen molar-refractivity contribution in [2.45, 2.75) is 12.2 Å². The van der Waals surface area contributed by atoms with E-state index in [-0.39, 0.29) is 24.1 Å². The molecule has 0 heterocycles. The molecule has 0 saturated carbocycles. The number of amides is 2. The van der Waals surface area contributed by atoms with Gasteiger partial charge in [0.25, 0.3) is 0 Å². The lowest BCUT2D eigenvalue weighted by Crippen LogP contribution is -2.36. The van der Waals surface area contributed by atoms with Crippen molar-refractivity contribution in [3.8, 4) is 0 Å². The Kier molecular flexibility index (Phi) is 8.91. The van der Waals surface area contributed by atoms with Gasteiger partial charge < -0.3 is 10.6 Å². The Bertz CT molecular complexity index is 788. The van der Waals surface area contributed by atoms with Crippen LogP contribution < -0.4 is 10.6 Å². The van der Waals surface area contributed by atoms with E-state index in [1.807, 2.05) is 6.07 Å². The molecular formula is C19H19Cl2FN2O2S. The van der Waals surface area contributed by atoms with Crippen molar-refractivity contribution in [1.82, 2.24) is 10.6 Å². The normalized spacial score (nSPS) is 10.5. The van der Waals surface area contributed by atoms with Crippen LogP contribution in [-0.2, 0) is 21.8 Å². The van der Waals surface area contributed by atoms with Gasteiger partial charge in [0.1, 0.15) is 5.82 Å². The number of halogens is 3. The molecule has 0 aliphatic carbocycles. The summed E-state index contributed by atoms with van der Waals surface area (Å²) in [5.74, 6) is 0.277. The van der Waals surface area contributed by atoms with Gasteiger partial charge in [0.15, 0.2) is 0 Å². The van der Waals surface area contributed by atoms with Gasteiger partial charge in [-0.25, -0.2) is 4.39 Å². The summed E-state index contributed by atoms with van der Waals surface area (Å²) in [6.45, 7) is 0.676. The van der Waals surface area contributed by atoms with Gasteiger partial charge in [-0.2, -0.15) is 0 Å². The third-order valence-electron chi connectivity index (χ3n) is 3.55. The Morgan fingerprint density at radius 3 is 2.30 bits per heavy atom. The molecule has 2 aromatic carbocycles. The van der Waals surface area contributed by atoms with E-state index in [2.05, 4.69) is 10.6 Å². The molecule has 2 amide bonds. The molecule has 144 valence electrons. The second-order valence-corrected chi connectivity index (χ2v) is 7.56. The van der Waals surface area contributed by atoms with Gasteiger partial charge in [-0.05, 0) is 35.4 Å². The molecule has 8 heteroatoms. The average Bonchev–Trinajstić information content (AvgIpc) is 2.62. The van der Waals surface area contributed by atoms with E-state index in [1.165, 1.54) is 23.9 Å². The summed E-state index contributed by atoms with van der Waals surface area (Å²) in [6.07, 6.45) is 0.173. The predicted octanol–water partition coefficient (Wildman–Crippen LogP) is 3.84. The van der Waals surface area contributed by atoms with Gasteiger partial charge in [0.2, 0.25) is 11.8 Å².